The first-order valence-corrected chi connectivity index (χ1v) is 10.8. The van der Waals surface area contributed by atoms with Gasteiger partial charge in [0.15, 0.2) is 0 Å². The van der Waals surface area contributed by atoms with Gasteiger partial charge < -0.3 is 15.4 Å². The van der Waals surface area contributed by atoms with Crippen LogP contribution in [0.5, 0.6) is 0 Å². The van der Waals surface area contributed by atoms with Crippen molar-refractivity contribution in [2.75, 3.05) is 13.2 Å². The van der Waals surface area contributed by atoms with Gasteiger partial charge in [0, 0.05) is 46.4 Å². The largest absolute Gasteiger partial charge is 0.395 e. The number of H-pyrrole nitrogens is 1. The topological polar surface area (TPSA) is 78.0 Å². The monoisotopic (exact) mass is 471 g/mol. The fourth-order valence-electron chi connectivity index (χ4n) is 3.72. The van der Waals surface area contributed by atoms with E-state index in [0.29, 0.717) is 21.8 Å². The van der Waals surface area contributed by atoms with Crippen LogP contribution in [0.1, 0.15) is 34.3 Å². The Balaban J connectivity index is 1.69. The van der Waals surface area contributed by atoms with Gasteiger partial charge in [-0.2, -0.15) is 0 Å². The minimum Gasteiger partial charge on any atom is -0.395 e. The molecule has 1 atom stereocenters. The van der Waals surface area contributed by atoms with Gasteiger partial charge in [0.25, 0.3) is 5.91 Å². The van der Waals surface area contributed by atoms with Gasteiger partial charge in [0.05, 0.1) is 11.6 Å². The van der Waals surface area contributed by atoms with Crippen LogP contribution in [0.15, 0.2) is 54.9 Å². The molecule has 0 aliphatic heterocycles. The summed E-state index contributed by atoms with van der Waals surface area (Å²) in [5.41, 5.74) is 4.37. The van der Waals surface area contributed by atoms with Crippen LogP contribution in [0, 0.1) is 5.82 Å². The quantitative estimate of drug-likeness (QED) is 0.322. The van der Waals surface area contributed by atoms with Crippen molar-refractivity contribution in [2.45, 2.75) is 12.8 Å². The zero-order valence-corrected chi connectivity index (χ0v) is 18.6. The Hall–Kier alpha value is -2.93. The van der Waals surface area contributed by atoms with Gasteiger partial charge in [-0.15, -0.1) is 0 Å². The molecule has 8 heteroatoms. The summed E-state index contributed by atoms with van der Waals surface area (Å²) in [5, 5.41) is 12.8. The van der Waals surface area contributed by atoms with Crippen molar-refractivity contribution in [3.63, 3.8) is 0 Å². The van der Waals surface area contributed by atoms with Crippen molar-refractivity contribution in [1.29, 1.82) is 0 Å². The van der Waals surface area contributed by atoms with Crippen LogP contribution in [0.25, 0.3) is 22.2 Å². The molecule has 0 saturated heterocycles. The molecule has 0 saturated carbocycles. The Bertz CT molecular complexity index is 1290. The second-order valence-corrected chi connectivity index (χ2v) is 8.18. The first-order chi connectivity index (χ1) is 15.4. The predicted octanol–water partition coefficient (Wildman–Crippen LogP) is 5.55. The molecule has 2 aromatic heterocycles. The molecule has 0 spiro atoms. The van der Waals surface area contributed by atoms with E-state index in [-0.39, 0.29) is 30.0 Å². The first-order valence-electron chi connectivity index (χ1n) is 10.0. The fraction of sp³-hybridized carbons (Fsp3) is 0.167. The van der Waals surface area contributed by atoms with Crippen molar-refractivity contribution in [2.24, 2.45) is 0 Å². The number of fused-ring (bicyclic) bond motifs is 1. The first kappa shape index (κ1) is 22.3. The summed E-state index contributed by atoms with van der Waals surface area (Å²) in [4.78, 5) is 19.7. The maximum atomic E-state index is 14.1. The molecule has 0 fully saturated rings. The summed E-state index contributed by atoms with van der Waals surface area (Å²) < 4.78 is 14.1. The van der Waals surface area contributed by atoms with E-state index in [0.717, 1.165) is 22.1 Å². The lowest BCUT2D eigenvalue weighted by Crippen LogP contribution is -2.26. The average molecular weight is 472 g/mol. The number of rotatable bonds is 6. The van der Waals surface area contributed by atoms with Crippen LogP contribution in [0.3, 0.4) is 0 Å². The number of pyridine rings is 1. The fourth-order valence-corrected chi connectivity index (χ4v) is 4.42. The van der Waals surface area contributed by atoms with Crippen LogP contribution < -0.4 is 5.32 Å². The lowest BCUT2D eigenvalue weighted by Gasteiger charge is -2.16. The van der Waals surface area contributed by atoms with Crippen LogP contribution in [0.4, 0.5) is 4.39 Å². The maximum Gasteiger partial charge on any atom is 0.251 e. The number of nitrogens with one attached hydrogen (secondary N) is 2. The second kappa shape index (κ2) is 9.28. The number of benzene rings is 2. The van der Waals surface area contributed by atoms with E-state index in [1.54, 1.807) is 18.3 Å². The molecule has 2 aromatic carbocycles. The minimum absolute atomic E-state index is 0.0125. The normalized spacial score (nSPS) is 12.2. The van der Waals surface area contributed by atoms with E-state index in [1.807, 2.05) is 31.3 Å². The van der Waals surface area contributed by atoms with Gasteiger partial charge in [-0.3, -0.25) is 4.79 Å². The molecule has 0 radical (unpaired) electrons. The maximum absolute atomic E-state index is 14.1. The molecule has 0 aliphatic carbocycles. The summed E-state index contributed by atoms with van der Waals surface area (Å²) in [6.45, 7) is 2.01. The lowest BCUT2D eigenvalue weighted by molar-refractivity contribution is 0.0945. The third kappa shape index (κ3) is 4.21. The molecular weight excluding hydrogens is 452 g/mol. The molecule has 4 rings (SSSR count). The number of aliphatic hydroxyl groups is 1. The zero-order chi connectivity index (χ0) is 22.8. The highest BCUT2D eigenvalue weighted by Crippen LogP contribution is 2.39. The molecule has 5 nitrogen and oxygen atoms in total. The van der Waals surface area contributed by atoms with Crippen LogP contribution in [-0.4, -0.2) is 34.1 Å². The molecular formula is C24H20Cl2FN3O2. The molecule has 3 N–H and O–H groups in total. The zero-order valence-electron chi connectivity index (χ0n) is 17.1. The number of carbonyl (C=O) groups is 1. The lowest BCUT2D eigenvalue weighted by atomic mass is 9.92. The predicted molar refractivity (Wildman–Crippen MR) is 125 cm³/mol. The Labute approximate surface area is 194 Å². The third-order valence-corrected chi connectivity index (χ3v) is 6.13. The molecule has 1 amide bonds. The Morgan fingerprint density at radius 1 is 1.19 bits per heavy atom. The summed E-state index contributed by atoms with van der Waals surface area (Å²) in [7, 11) is 0. The van der Waals surface area contributed by atoms with Crippen molar-refractivity contribution >= 4 is 40.1 Å². The number of aliphatic hydroxyl groups excluding tert-OH is 1. The van der Waals surface area contributed by atoms with Crippen LogP contribution in [-0.2, 0) is 0 Å². The Morgan fingerprint density at radius 3 is 2.66 bits per heavy atom. The van der Waals surface area contributed by atoms with E-state index < -0.39 is 5.82 Å². The molecule has 32 heavy (non-hydrogen) atoms. The number of hydrogen-bond acceptors (Lipinski definition) is 3. The molecule has 1 unspecified atom stereocenters. The van der Waals surface area contributed by atoms with E-state index >= 15 is 0 Å². The van der Waals surface area contributed by atoms with Crippen LogP contribution >= 0.6 is 23.2 Å². The third-order valence-electron chi connectivity index (χ3n) is 5.42. The van der Waals surface area contributed by atoms with Gasteiger partial charge >= 0.3 is 0 Å². The second-order valence-electron chi connectivity index (χ2n) is 7.40. The number of carbonyl (C=O) groups excluding carboxylic acids is 1. The average Bonchev–Trinajstić information content (AvgIpc) is 3.23. The SMILES string of the molecule is CC(c1c(Cl)ccc(F)c1Cl)c1c[nH]c2ncc(-c3ccc(C(=O)NCCO)cc3)cc12. The highest BCUT2D eigenvalue weighted by atomic mass is 35.5. The highest BCUT2D eigenvalue weighted by Gasteiger charge is 2.21. The van der Waals surface area contributed by atoms with E-state index in [1.165, 1.54) is 12.1 Å². The van der Waals surface area contributed by atoms with Gasteiger partial charge in [0.1, 0.15) is 11.5 Å². The highest BCUT2D eigenvalue weighted by molar-refractivity contribution is 6.36. The Morgan fingerprint density at radius 2 is 1.94 bits per heavy atom. The molecule has 164 valence electrons. The number of amides is 1. The van der Waals surface area contributed by atoms with Gasteiger partial charge in [-0.25, -0.2) is 9.37 Å². The number of aromatic nitrogens is 2. The summed E-state index contributed by atoms with van der Waals surface area (Å²) in [6, 6.07) is 11.9. The standard InChI is InChI=1S/C24H20Cl2FN3O2/c1-13(21-19(25)6-7-20(27)22(21)26)18-12-30-23-17(18)10-16(11-29-23)14-2-4-15(5-3-14)24(32)28-8-9-31/h2-7,10-13,31H,8-9H2,1H3,(H,28,32)(H,29,30). The molecule has 2 heterocycles. The number of aromatic amines is 1. The number of halogens is 3. The van der Waals surface area contributed by atoms with Crippen molar-refractivity contribution < 1.29 is 14.3 Å². The smallest absolute Gasteiger partial charge is 0.251 e. The molecule has 0 bridgehead atoms. The summed E-state index contributed by atoms with van der Waals surface area (Å²) in [6.07, 6.45) is 3.58. The van der Waals surface area contributed by atoms with E-state index in [4.69, 9.17) is 28.3 Å². The molecule has 4 aromatic rings. The van der Waals surface area contributed by atoms with Gasteiger partial charge in [-0.1, -0.05) is 42.3 Å². The van der Waals surface area contributed by atoms with Gasteiger partial charge in [-0.05, 0) is 47.0 Å². The van der Waals surface area contributed by atoms with E-state index in [2.05, 4.69) is 15.3 Å². The van der Waals surface area contributed by atoms with Crippen LogP contribution in [0.2, 0.25) is 10.0 Å². The minimum atomic E-state index is -0.514. The van der Waals surface area contributed by atoms with Gasteiger partial charge in [0.2, 0.25) is 0 Å². The number of hydrogen-bond donors (Lipinski definition) is 3. The summed E-state index contributed by atoms with van der Waals surface area (Å²) >= 11 is 12.6. The Kier molecular flexibility index (Phi) is 6.46. The summed E-state index contributed by atoms with van der Waals surface area (Å²) in [5.74, 6) is -1.03. The van der Waals surface area contributed by atoms with E-state index in [9.17, 15) is 9.18 Å². The van der Waals surface area contributed by atoms with Crippen molar-refractivity contribution in [1.82, 2.24) is 15.3 Å². The van der Waals surface area contributed by atoms with Crippen molar-refractivity contribution in [3.05, 3.63) is 87.4 Å². The van der Waals surface area contributed by atoms with Crippen molar-refractivity contribution in [3.8, 4) is 11.1 Å². The number of nitrogens with zero attached hydrogens (tertiary/aromatic N) is 1. The molecule has 0 aliphatic rings.